The molecule has 1 unspecified atom stereocenters. The molecule has 1 atom stereocenters. The Morgan fingerprint density at radius 1 is 1.09 bits per heavy atom. The molecule has 4 rings (SSSR count). The molecule has 5 nitrogen and oxygen atoms in total. The Kier molecular flexibility index (Phi) is 6.74. The van der Waals surface area contributed by atoms with E-state index in [0.29, 0.717) is 24.3 Å². The van der Waals surface area contributed by atoms with Gasteiger partial charge in [0.1, 0.15) is 35.1 Å². The molecule has 3 heterocycles. The van der Waals surface area contributed by atoms with Crippen molar-refractivity contribution < 1.29 is 22.7 Å². The van der Waals surface area contributed by atoms with Crippen LogP contribution in [0.25, 0.3) is 11.3 Å². The number of anilines is 1. The summed E-state index contributed by atoms with van der Waals surface area (Å²) in [6, 6.07) is 7.78. The van der Waals surface area contributed by atoms with E-state index < -0.39 is 40.8 Å². The lowest BCUT2D eigenvalue weighted by Gasteiger charge is -2.34. The summed E-state index contributed by atoms with van der Waals surface area (Å²) in [5.74, 6) is -3.64. The first-order valence-corrected chi connectivity index (χ1v) is 10.9. The molecule has 1 aliphatic heterocycles. The van der Waals surface area contributed by atoms with Crippen LogP contribution in [0.4, 0.5) is 18.9 Å². The highest BCUT2D eigenvalue weighted by atomic mass is 19.1. The summed E-state index contributed by atoms with van der Waals surface area (Å²) in [6.07, 6.45) is 4.92. The van der Waals surface area contributed by atoms with E-state index in [2.05, 4.69) is 9.97 Å². The predicted octanol–water partition coefficient (Wildman–Crippen LogP) is 5.86. The van der Waals surface area contributed by atoms with E-state index in [1.807, 2.05) is 0 Å². The zero-order valence-electron chi connectivity index (χ0n) is 18.4. The van der Waals surface area contributed by atoms with Crippen LogP contribution in [0.3, 0.4) is 0 Å². The van der Waals surface area contributed by atoms with Gasteiger partial charge in [0.15, 0.2) is 0 Å². The van der Waals surface area contributed by atoms with E-state index in [-0.39, 0.29) is 11.6 Å². The molecule has 0 bridgehead atoms. The number of nitrogens with zero attached hydrogens (tertiary/aromatic N) is 3. The summed E-state index contributed by atoms with van der Waals surface area (Å²) in [6.45, 7) is 4.08. The number of hydrogen-bond acceptors (Lipinski definition) is 4. The van der Waals surface area contributed by atoms with Crippen LogP contribution in [0.5, 0.6) is 0 Å². The van der Waals surface area contributed by atoms with Gasteiger partial charge >= 0.3 is 0 Å². The highest BCUT2D eigenvalue weighted by Crippen LogP contribution is 2.32. The van der Waals surface area contributed by atoms with E-state index in [4.69, 9.17) is 4.74 Å². The van der Waals surface area contributed by atoms with Crippen molar-refractivity contribution in [2.45, 2.75) is 45.3 Å². The number of pyridine rings is 2. The van der Waals surface area contributed by atoms with E-state index >= 15 is 4.39 Å². The number of amides is 1. The molecule has 0 N–H and O–H groups in total. The minimum Gasteiger partial charge on any atom is -0.358 e. The average molecular weight is 455 g/mol. The first kappa shape index (κ1) is 22.9. The van der Waals surface area contributed by atoms with Crippen molar-refractivity contribution in [3.05, 3.63) is 77.5 Å². The maximum absolute atomic E-state index is 15.0. The zero-order valence-corrected chi connectivity index (χ0v) is 18.4. The molecule has 172 valence electrons. The van der Waals surface area contributed by atoms with Crippen molar-refractivity contribution in [3.8, 4) is 11.3 Å². The van der Waals surface area contributed by atoms with Gasteiger partial charge in [0.05, 0.1) is 17.4 Å². The summed E-state index contributed by atoms with van der Waals surface area (Å²) in [5, 5.41) is 0. The Labute approximate surface area is 190 Å². The van der Waals surface area contributed by atoms with Gasteiger partial charge in [-0.3, -0.25) is 14.7 Å². The number of carbonyl (C=O) groups is 1. The Morgan fingerprint density at radius 2 is 1.85 bits per heavy atom. The summed E-state index contributed by atoms with van der Waals surface area (Å²) in [5.41, 5.74) is -0.408. The van der Waals surface area contributed by atoms with Crippen molar-refractivity contribution in [3.63, 3.8) is 0 Å². The number of hydrogen-bond donors (Lipinski definition) is 0. The summed E-state index contributed by atoms with van der Waals surface area (Å²) in [7, 11) is 0. The number of carbonyl (C=O) groups excluding carboxylic acids is 1. The van der Waals surface area contributed by atoms with E-state index in [0.717, 1.165) is 31.0 Å². The predicted molar refractivity (Wildman–Crippen MR) is 118 cm³/mol. The fourth-order valence-electron chi connectivity index (χ4n) is 3.97. The molecule has 3 aromatic rings. The zero-order chi connectivity index (χ0) is 23.5. The summed E-state index contributed by atoms with van der Waals surface area (Å²) < 4.78 is 49.8. The third-order valence-corrected chi connectivity index (χ3v) is 5.62. The van der Waals surface area contributed by atoms with Gasteiger partial charge < -0.3 is 4.74 Å². The van der Waals surface area contributed by atoms with E-state index in [1.165, 1.54) is 17.2 Å². The quantitative estimate of drug-likeness (QED) is 0.484. The molecule has 1 saturated heterocycles. The van der Waals surface area contributed by atoms with Crippen LogP contribution in [-0.2, 0) is 4.74 Å². The monoisotopic (exact) mass is 455 g/mol. The minimum atomic E-state index is -0.961. The highest BCUT2D eigenvalue weighted by Gasteiger charge is 2.33. The van der Waals surface area contributed by atoms with Crippen molar-refractivity contribution in [2.75, 3.05) is 11.5 Å². The van der Waals surface area contributed by atoms with Gasteiger partial charge in [-0.2, -0.15) is 0 Å². The first-order valence-electron chi connectivity index (χ1n) is 10.9. The lowest BCUT2D eigenvalue weighted by Crippen LogP contribution is -2.44. The van der Waals surface area contributed by atoms with Gasteiger partial charge in [-0.25, -0.2) is 18.2 Å². The van der Waals surface area contributed by atoms with Crippen LogP contribution in [0.2, 0.25) is 0 Å². The van der Waals surface area contributed by atoms with E-state index in [9.17, 15) is 13.6 Å². The Morgan fingerprint density at radius 3 is 2.45 bits per heavy atom. The van der Waals surface area contributed by atoms with Gasteiger partial charge in [-0.1, -0.05) is 19.9 Å². The first-order chi connectivity index (χ1) is 15.9. The van der Waals surface area contributed by atoms with Crippen LogP contribution in [-0.4, -0.2) is 28.7 Å². The van der Waals surface area contributed by atoms with Crippen molar-refractivity contribution in [1.82, 2.24) is 9.97 Å². The maximum Gasteiger partial charge on any atom is 0.279 e. The fraction of sp³-hybridized carbons (Fsp3) is 0.320. The Hall–Kier alpha value is -3.26. The SMILES string of the molecule is CC(C)c1cc(F)c(-c2c(F)cccc2F)nc1C(=O)N(c1cccnc1)C1CCCCO1. The van der Waals surface area contributed by atoms with E-state index in [1.54, 1.807) is 32.2 Å². The van der Waals surface area contributed by atoms with Gasteiger partial charge in [0.2, 0.25) is 0 Å². The molecule has 0 spiro atoms. The number of ether oxygens (including phenoxy) is 1. The second-order valence-corrected chi connectivity index (χ2v) is 8.22. The lowest BCUT2D eigenvalue weighted by molar-refractivity contribution is 0.0143. The molecule has 0 saturated carbocycles. The molecule has 1 aliphatic rings. The van der Waals surface area contributed by atoms with Gasteiger partial charge in [0, 0.05) is 12.8 Å². The molecule has 8 heteroatoms. The smallest absolute Gasteiger partial charge is 0.279 e. The third-order valence-electron chi connectivity index (χ3n) is 5.62. The van der Waals surface area contributed by atoms with Crippen molar-refractivity contribution >= 4 is 11.6 Å². The number of benzene rings is 1. The van der Waals surface area contributed by atoms with Crippen LogP contribution in [0, 0.1) is 17.5 Å². The molecule has 33 heavy (non-hydrogen) atoms. The lowest BCUT2D eigenvalue weighted by atomic mass is 9.97. The summed E-state index contributed by atoms with van der Waals surface area (Å²) >= 11 is 0. The standard InChI is InChI=1S/C25H24F3N3O2/c1-15(2)17-13-20(28)24(22-18(26)8-5-9-19(22)27)30-23(17)25(32)31(16-7-6-11-29-14-16)21-10-3-4-12-33-21/h5-9,11,13-15,21H,3-4,10,12H2,1-2H3. The van der Waals surface area contributed by atoms with Gasteiger partial charge in [-0.15, -0.1) is 0 Å². The van der Waals surface area contributed by atoms with Crippen LogP contribution in [0.1, 0.15) is 55.1 Å². The largest absolute Gasteiger partial charge is 0.358 e. The molecule has 1 fully saturated rings. The normalized spacial score (nSPS) is 16.1. The second kappa shape index (κ2) is 9.70. The summed E-state index contributed by atoms with van der Waals surface area (Å²) in [4.78, 5) is 23.6. The van der Waals surface area contributed by atoms with Crippen LogP contribution in [0.15, 0.2) is 48.8 Å². The highest BCUT2D eigenvalue weighted by molar-refractivity contribution is 6.06. The molecule has 0 aliphatic carbocycles. The molecule has 0 radical (unpaired) electrons. The molecular weight excluding hydrogens is 431 g/mol. The molecule has 1 amide bonds. The number of rotatable bonds is 5. The number of aromatic nitrogens is 2. The van der Waals surface area contributed by atoms with Gasteiger partial charge in [0.25, 0.3) is 5.91 Å². The van der Waals surface area contributed by atoms with Crippen LogP contribution < -0.4 is 4.90 Å². The second-order valence-electron chi connectivity index (χ2n) is 8.22. The topological polar surface area (TPSA) is 55.3 Å². The average Bonchev–Trinajstić information content (AvgIpc) is 2.81. The van der Waals surface area contributed by atoms with Gasteiger partial charge in [-0.05, 0) is 61.1 Å². The molecule has 2 aromatic heterocycles. The molecular formula is C25H24F3N3O2. The third kappa shape index (κ3) is 4.61. The number of halogens is 3. The molecule has 1 aromatic carbocycles. The fourth-order valence-corrected chi connectivity index (χ4v) is 3.97. The van der Waals surface area contributed by atoms with Crippen molar-refractivity contribution in [1.29, 1.82) is 0 Å². The maximum atomic E-state index is 15.0. The van der Waals surface area contributed by atoms with Crippen LogP contribution >= 0.6 is 0 Å². The Balaban J connectivity index is 1.88. The van der Waals surface area contributed by atoms with Crippen molar-refractivity contribution in [2.24, 2.45) is 0 Å². The minimum absolute atomic E-state index is 0.0814. The Bertz CT molecular complexity index is 1130.